The lowest BCUT2D eigenvalue weighted by molar-refractivity contribution is -0.387. The van der Waals surface area contributed by atoms with Crippen LogP contribution >= 0.6 is 11.6 Å². The Bertz CT molecular complexity index is 2110. The first kappa shape index (κ1) is 34.9. The maximum Gasteiger partial charge on any atom is 0.336 e. The Labute approximate surface area is 283 Å². The molecule has 254 valence electrons. The number of nitrogens with zero attached hydrogens (tertiary/aromatic N) is 1. The van der Waals surface area contributed by atoms with Crippen LogP contribution in [-0.4, -0.2) is 37.2 Å². The molecule has 48 heavy (non-hydrogen) atoms. The first-order valence-electron chi connectivity index (χ1n) is 15.5. The number of halogens is 1. The van der Waals surface area contributed by atoms with E-state index in [0.717, 1.165) is 35.4 Å². The number of benzene rings is 3. The van der Waals surface area contributed by atoms with Crippen LogP contribution in [0.15, 0.2) is 73.6 Å². The molecule has 0 fully saturated rings. The summed E-state index contributed by atoms with van der Waals surface area (Å²) in [6.45, 7) is 9.91. The van der Waals surface area contributed by atoms with E-state index < -0.39 is 37.8 Å². The quantitative estimate of drug-likeness (QED) is 0.117. The molecule has 0 saturated heterocycles. The summed E-state index contributed by atoms with van der Waals surface area (Å²) >= 11 is 5.84. The van der Waals surface area contributed by atoms with Crippen molar-refractivity contribution in [2.45, 2.75) is 75.1 Å². The topological polar surface area (TPSA) is 158 Å². The maximum atomic E-state index is 12.7. The van der Waals surface area contributed by atoms with Crippen molar-refractivity contribution in [2.75, 3.05) is 12.4 Å². The number of rotatable bonds is 6. The molecule has 3 atom stereocenters. The molecule has 4 aromatic rings. The van der Waals surface area contributed by atoms with Crippen molar-refractivity contribution >= 4 is 49.9 Å². The highest BCUT2D eigenvalue weighted by Gasteiger charge is 2.40. The molecule has 0 unspecified atom stereocenters. The van der Waals surface area contributed by atoms with Gasteiger partial charge in [0.2, 0.25) is 9.84 Å². The van der Waals surface area contributed by atoms with Gasteiger partial charge in [-0.25, -0.2) is 13.2 Å². The molecule has 3 heterocycles. The number of nitrogens with one attached hydrogen (secondary N) is 1. The van der Waals surface area contributed by atoms with Crippen LogP contribution in [0.3, 0.4) is 0 Å². The van der Waals surface area contributed by atoms with E-state index in [1.54, 1.807) is 7.05 Å². The van der Waals surface area contributed by atoms with Gasteiger partial charge in [-0.2, -0.15) is 0 Å². The zero-order chi connectivity index (χ0) is 35.1. The molecule has 6 rings (SSSR count). The van der Waals surface area contributed by atoms with Crippen LogP contribution in [-0.2, 0) is 16.3 Å². The molecule has 0 aliphatic carbocycles. The number of anilines is 1. The second kappa shape index (κ2) is 13.3. The number of nitro groups is 1. The summed E-state index contributed by atoms with van der Waals surface area (Å²) in [6.07, 6.45) is 4.65. The average Bonchev–Trinajstić information content (AvgIpc) is 3.03. The Morgan fingerprint density at radius 2 is 1.79 bits per heavy atom. The summed E-state index contributed by atoms with van der Waals surface area (Å²) in [4.78, 5) is 22.1. The molecule has 13 heteroatoms. The number of hydrogen-bond acceptors (Lipinski definition) is 10. The molecule has 0 amide bonds. The number of sulfone groups is 1. The number of fused-ring (bicyclic) bond motifs is 6. The molecule has 0 radical (unpaired) electrons. The molecular formula is C35H37ClN2O9S. The van der Waals surface area contributed by atoms with Crippen LogP contribution in [0.2, 0.25) is 5.02 Å². The van der Waals surface area contributed by atoms with Gasteiger partial charge in [-0.15, -0.1) is 0 Å². The largest absolute Gasteiger partial charge is 0.489 e. The number of aliphatic hydroxyl groups is 1. The van der Waals surface area contributed by atoms with Crippen LogP contribution in [0.4, 0.5) is 11.4 Å². The summed E-state index contributed by atoms with van der Waals surface area (Å²) < 4.78 is 43.5. The molecule has 1 aromatic heterocycles. The molecule has 0 saturated carbocycles. The van der Waals surface area contributed by atoms with Gasteiger partial charge in [0.15, 0.2) is 5.58 Å². The maximum absolute atomic E-state index is 12.7. The second-order valence-corrected chi connectivity index (χ2v) is 14.6. The van der Waals surface area contributed by atoms with Gasteiger partial charge in [0, 0.05) is 30.1 Å². The average molecular weight is 697 g/mol. The molecular weight excluding hydrogens is 660 g/mol. The standard InChI is InChI=1S/C22H26O5.C13H11ClN2O4S/c1-6-7-13-10-15(23)26-21-16(13)20-14(8-9-22(4,5)27-20)19-17(21)18(24)11(2)12(3)25-19;1-15-10-7-6-9(14)8-13(10)21(19,20)12-5-3-2-4-11(12)16(17)18/h8-12,18,24H,6-7H2,1-5H3;2-8,15H,1H3/t11-,12-,18-;/m0./s1. The van der Waals surface area contributed by atoms with Gasteiger partial charge in [0.1, 0.15) is 28.1 Å². The Hall–Kier alpha value is -4.39. The van der Waals surface area contributed by atoms with E-state index in [9.17, 15) is 28.4 Å². The number of para-hydroxylation sites is 1. The number of aryl methyl sites for hydroxylation is 1. The lowest BCUT2D eigenvalue weighted by Crippen LogP contribution is -2.34. The van der Waals surface area contributed by atoms with E-state index in [1.165, 1.54) is 42.5 Å². The molecule has 2 N–H and O–H groups in total. The first-order valence-corrected chi connectivity index (χ1v) is 17.3. The van der Waals surface area contributed by atoms with Crippen LogP contribution in [0, 0.1) is 16.0 Å². The van der Waals surface area contributed by atoms with Gasteiger partial charge in [0.05, 0.1) is 38.1 Å². The van der Waals surface area contributed by atoms with E-state index in [2.05, 4.69) is 12.2 Å². The SMILES string of the molecule is CCCc1cc(=O)oc2c3c(c4c(c12)OC(C)(C)C=C4)O[C@@H](C)[C@H](C)[C@@H]3O.CNc1ccc(Cl)cc1S(=O)(=O)c1ccccc1[N+](=O)[O-]. The highest BCUT2D eigenvalue weighted by Crippen LogP contribution is 2.52. The van der Waals surface area contributed by atoms with Gasteiger partial charge < -0.3 is 24.3 Å². The number of aliphatic hydroxyl groups excluding tert-OH is 1. The minimum Gasteiger partial charge on any atom is -0.489 e. The molecule has 11 nitrogen and oxygen atoms in total. The van der Waals surface area contributed by atoms with Gasteiger partial charge in [-0.1, -0.05) is 44.0 Å². The number of ether oxygens (including phenoxy) is 2. The Morgan fingerprint density at radius 1 is 1.08 bits per heavy atom. The molecule has 2 aliphatic heterocycles. The molecule has 3 aromatic carbocycles. The van der Waals surface area contributed by atoms with Crippen molar-refractivity contribution in [1.82, 2.24) is 0 Å². The smallest absolute Gasteiger partial charge is 0.336 e. The lowest BCUT2D eigenvalue weighted by atomic mass is 9.85. The predicted molar refractivity (Wildman–Crippen MR) is 184 cm³/mol. The fraction of sp³-hybridized carbons (Fsp3) is 0.343. The van der Waals surface area contributed by atoms with Crippen molar-refractivity contribution in [3.05, 3.63) is 96.9 Å². The molecule has 0 spiro atoms. The van der Waals surface area contributed by atoms with E-state index in [1.807, 2.05) is 39.8 Å². The number of hydrogen-bond donors (Lipinski definition) is 2. The third kappa shape index (κ3) is 6.39. The fourth-order valence-electron chi connectivity index (χ4n) is 5.86. The monoisotopic (exact) mass is 696 g/mol. The summed E-state index contributed by atoms with van der Waals surface area (Å²) in [5.41, 5.74) is 1.57. The summed E-state index contributed by atoms with van der Waals surface area (Å²) in [5.74, 6) is 1.10. The van der Waals surface area contributed by atoms with E-state index >= 15 is 0 Å². The van der Waals surface area contributed by atoms with Crippen molar-refractivity contribution in [3.63, 3.8) is 0 Å². The Kier molecular flexibility index (Phi) is 9.64. The van der Waals surface area contributed by atoms with Gasteiger partial charge in [-0.3, -0.25) is 10.1 Å². The van der Waals surface area contributed by atoms with E-state index in [0.29, 0.717) is 28.3 Å². The van der Waals surface area contributed by atoms with Crippen LogP contribution in [0.5, 0.6) is 11.5 Å². The van der Waals surface area contributed by atoms with Crippen LogP contribution in [0.1, 0.15) is 63.8 Å². The van der Waals surface area contributed by atoms with Crippen molar-refractivity contribution in [1.29, 1.82) is 0 Å². The Morgan fingerprint density at radius 3 is 2.46 bits per heavy atom. The predicted octanol–water partition coefficient (Wildman–Crippen LogP) is 7.50. The Balaban J connectivity index is 0.000000194. The van der Waals surface area contributed by atoms with E-state index in [4.69, 9.17) is 25.5 Å². The van der Waals surface area contributed by atoms with E-state index in [-0.39, 0.29) is 26.8 Å². The highest BCUT2D eigenvalue weighted by atomic mass is 35.5. The lowest BCUT2D eigenvalue weighted by Gasteiger charge is -2.37. The zero-order valence-electron chi connectivity index (χ0n) is 27.4. The minimum atomic E-state index is -4.07. The fourth-order valence-corrected chi connectivity index (χ4v) is 7.75. The third-order valence-electron chi connectivity index (χ3n) is 8.48. The summed E-state index contributed by atoms with van der Waals surface area (Å²) in [6, 6.07) is 11.0. The zero-order valence-corrected chi connectivity index (χ0v) is 28.9. The highest BCUT2D eigenvalue weighted by molar-refractivity contribution is 7.91. The second-order valence-electron chi connectivity index (χ2n) is 12.3. The van der Waals surface area contributed by atoms with Gasteiger partial charge in [0.25, 0.3) is 5.69 Å². The van der Waals surface area contributed by atoms with Crippen molar-refractivity contribution < 1.29 is 32.3 Å². The minimum absolute atomic E-state index is 0.105. The first-order chi connectivity index (χ1) is 22.6. The van der Waals surface area contributed by atoms with Gasteiger partial charge >= 0.3 is 5.63 Å². The molecule has 0 bridgehead atoms. The van der Waals surface area contributed by atoms with Crippen LogP contribution in [0.25, 0.3) is 17.0 Å². The third-order valence-corrected chi connectivity index (χ3v) is 10.6. The van der Waals surface area contributed by atoms with Crippen LogP contribution < -0.4 is 20.4 Å². The van der Waals surface area contributed by atoms with Crippen molar-refractivity contribution in [3.8, 4) is 11.5 Å². The summed E-state index contributed by atoms with van der Waals surface area (Å²) in [5, 5.41) is 25.8. The normalized spacial score (nSPS) is 19.2. The van der Waals surface area contributed by atoms with Gasteiger partial charge in [-0.05, 0) is 69.2 Å². The van der Waals surface area contributed by atoms with Crippen molar-refractivity contribution in [2.24, 2.45) is 5.92 Å². The molecule has 2 aliphatic rings. The summed E-state index contributed by atoms with van der Waals surface area (Å²) in [7, 11) is -2.51. The number of nitro benzene ring substituents is 1.